The monoisotopic (exact) mass is 92.0 g/mol. The number of hydrogen-bond acceptors (Lipinski definition) is 3. The molecule has 0 radical (unpaired) electrons. The van der Waals surface area contributed by atoms with Gasteiger partial charge < -0.3 is 4.52 Å². The molecule has 0 unspecified atom stereocenters. The molecule has 0 aromatic rings. The van der Waals surface area contributed by atoms with Gasteiger partial charge in [0.05, 0.1) is 0 Å². The second-order valence-corrected chi connectivity index (χ2v) is 1.43. The van der Waals surface area contributed by atoms with Crippen LogP contribution in [0.25, 0.3) is 0 Å². The molecule has 2 N–H and O–H groups in total. The highest BCUT2D eigenvalue weighted by Gasteiger charge is 1.57. The lowest BCUT2D eigenvalue weighted by molar-refractivity contribution is 0.471. The zero-order valence-corrected chi connectivity index (χ0v) is 3.75. The van der Waals surface area contributed by atoms with Crippen LogP contribution in [0.5, 0.6) is 0 Å². The molecule has 0 amide bonds. The van der Waals surface area contributed by atoms with Gasteiger partial charge in [-0.2, -0.15) is 0 Å². The highest BCUT2D eigenvalue weighted by atomic mass is 31.1. The van der Waals surface area contributed by atoms with Crippen molar-refractivity contribution in [2.75, 3.05) is 7.11 Å². The summed E-state index contributed by atoms with van der Waals surface area (Å²) in [5, 5.41) is 12.7. The van der Waals surface area contributed by atoms with Crippen LogP contribution in [0.2, 0.25) is 0 Å². The Hall–Kier alpha value is -0.140. The Balaban J connectivity index is 3.23. The highest BCUT2D eigenvalue weighted by Crippen LogP contribution is 2.00. The van der Waals surface area contributed by atoms with Gasteiger partial charge >= 0.3 is 0 Å². The lowest BCUT2D eigenvalue weighted by Crippen LogP contribution is -1.46. The highest BCUT2D eigenvalue weighted by molar-refractivity contribution is 7.27. The molecular formula is CH5N2OP. The second-order valence-electron chi connectivity index (χ2n) is 0.477. The van der Waals surface area contributed by atoms with Crippen molar-refractivity contribution >= 4 is 7.73 Å². The summed E-state index contributed by atoms with van der Waals surface area (Å²) in [6.07, 6.45) is 0. The maximum absolute atomic E-state index is 6.34. The first-order valence-corrected chi connectivity index (χ1v) is 2.30. The van der Waals surface area contributed by atoms with E-state index in [1.54, 1.807) is 0 Å². The predicted octanol–water partition coefficient (Wildman–Crippen LogP) is 1.55. The Morgan fingerprint density at radius 3 is 1.80 bits per heavy atom. The summed E-state index contributed by atoms with van der Waals surface area (Å²) in [6, 6.07) is 0. The van der Waals surface area contributed by atoms with Crippen LogP contribution in [0.3, 0.4) is 0 Å². The first kappa shape index (κ1) is 4.86. The number of nitrogens with one attached hydrogen (secondary N) is 2. The predicted molar refractivity (Wildman–Crippen MR) is 19.4 cm³/mol. The van der Waals surface area contributed by atoms with Gasteiger partial charge in [-0.25, -0.2) is 10.3 Å². The average Bonchev–Trinajstić information content (AvgIpc) is 1.38. The van der Waals surface area contributed by atoms with E-state index < -0.39 is 7.73 Å². The van der Waals surface area contributed by atoms with E-state index in [0.717, 1.165) is 0 Å². The summed E-state index contributed by atoms with van der Waals surface area (Å²) < 4.78 is 4.15. The van der Waals surface area contributed by atoms with Crippen LogP contribution in [0.4, 0.5) is 0 Å². The van der Waals surface area contributed by atoms with Gasteiger partial charge in [0, 0.05) is 7.11 Å². The van der Waals surface area contributed by atoms with E-state index in [4.69, 9.17) is 10.3 Å². The third-order valence-electron chi connectivity index (χ3n) is 0.183. The third-order valence-corrected chi connectivity index (χ3v) is 0.548. The van der Waals surface area contributed by atoms with Crippen LogP contribution < -0.4 is 0 Å². The van der Waals surface area contributed by atoms with Gasteiger partial charge in [0.1, 0.15) is 0 Å². The van der Waals surface area contributed by atoms with Crippen LogP contribution >= 0.6 is 7.73 Å². The first-order chi connectivity index (χ1) is 2.27. The van der Waals surface area contributed by atoms with Gasteiger partial charge in [0.15, 0.2) is 0 Å². The van der Waals surface area contributed by atoms with Gasteiger partial charge in [-0.1, -0.05) is 0 Å². The molecule has 0 saturated heterocycles. The Morgan fingerprint density at radius 2 is 1.80 bits per heavy atom. The summed E-state index contributed by atoms with van der Waals surface area (Å²) in [7, 11) is -0.245. The minimum absolute atomic E-state index is 1.35. The van der Waals surface area contributed by atoms with Crippen molar-refractivity contribution in [3.8, 4) is 0 Å². The molecule has 0 aliphatic rings. The van der Waals surface area contributed by atoms with Crippen molar-refractivity contribution < 1.29 is 4.52 Å². The number of rotatable bonds is 1. The first-order valence-electron chi connectivity index (χ1n) is 1.04. The van der Waals surface area contributed by atoms with E-state index >= 15 is 0 Å². The summed E-state index contributed by atoms with van der Waals surface area (Å²) in [5.74, 6) is 0. The van der Waals surface area contributed by atoms with Crippen molar-refractivity contribution in [2.45, 2.75) is 0 Å². The lowest BCUT2D eigenvalue weighted by atomic mass is 11.8. The molecule has 0 aliphatic carbocycles. The molecule has 0 heterocycles. The summed E-state index contributed by atoms with van der Waals surface area (Å²) >= 11 is 0. The minimum Gasteiger partial charge on any atom is -0.307 e. The Bertz CT molecular complexity index is 67.7. The molecule has 0 rings (SSSR count). The van der Waals surface area contributed by atoms with Crippen LogP contribution in [0.15, 0.2) is 0 Å². The van der Waals surface area contributed by atoms with Crippen molar-refractivity contribution in [3.05, 3.63) is 0 Å². The molecule has 4 heteroatoms. The van der Waals surface area contributed by atoms with E-state index in [1.165, 1.54) is 7.11 Å². The van der Waals surface area contributed by atoms with Crippen LogP contribution in [0, 0.1) is 10.3 Å². The number of hydrogen-bond donors (Lipinski definition) is 2. The maximum atomic E-state index is 6.34. The molecule has 30 valence electrons. The molecule has 3 nitrogen and oxygen atoms in total. The molecule has 5 heavy (non-hydrogen) atoms. The Kier molecular flexibility index (Phi) is 2.06. The van der Waals surface area contributed by atoms with E-state index in [1.807, 2.05) is 0 Å². The molecule has 0 aromatic heterocycles. The molecule has 0 aliphatic heterocycles. The SMILES string of the molecule is COP(=N)=N. The quantitative estimate of drug-likeness (QED) is 0.473. The zero-order chi connectivity index (χ0) is 4.28. The second kappa shape index (κ2) is 2.12. The fourth-order valence-corrected chi connectivity index (χ4v) is 0. The van der Waals surface area contributed by atoms with E-state index in [0.29, 0.717) is 0 Å². The van der Waals surface area contributed by atoms with Gasteiger partial charge in [-0.3, -0.25) is 0 Å². The lowest BCUT2D eigenvalue weighted by Gasteiger charge is -1.70. The van der Waals surface area contributed by atoms with Gasteiger partial charge in [-0.05, 0) is 0 Å². The summed E-state index contributed by atoms with van der Waals surface area (Å²) in [5.41, 5.74) is 0. The molecule has 0 saturated carbocycles. The standard InChI is InChI=1S/CH5N2OP/c1-4-5(2)3/h2-3H,1H3. The Labute approximate surface area is 30.8 Å². The summed E-state index contributed by atoms with van der Waals surface area (Å²) in [4.78, 5) is 0. The summed E-state index contributed by atoms with van der Waals surface area (Å²) in [6.45, 7) is 0. The van der Waals surface area contributed by atoms with Crippen molar-refractivity contribution in [2.24, 2.45) is 0 Å². The zero-order valence-electron chi connectivity index (χ0n) is 2.86. The van der Waals surface area contributed by atoms with Crippen molar-refractivity contribution in [1.82, 2.24) is 0 Å². The normalized spacial score (nSPS) is 11.0. The third kappa shape index (κ3) is 3.86. The Morgan fingerprint density at radius 1 is 1.60 bits per heavy atom. The van der Waals surface area contributed by atoms with E-state index in [2.05, 4.69) is 4.52 Å². The maximum Gasteiger partial charge on any atom is 0.201 e. The minimum atomic E-state index is -1.60. The van der Waals surface area contributed by atoms with Gasteiger partial charge in [0.2, 0.25) is 7.73 Å². The molecule has 0 aromatic carbocycles. The van der Waals surface area contributed by atoms with Crippen LogP contribution in [-0.4, -0.2) is 7.11 Å². The largest absolute Gasteiger partial charge is 0.307 e. The molecular weight excluding hydrogens is 87.0 g/mol. The molecule has 0 atom stereocenters. The van der Waals surface area contributed by atoms with Gasteiger partial charge in [0.25, 0.3) is 0 Å². The smallest absolute Gasteiger partial charge is 0.201 e. The molecule has 0 fully saturated rings. The topological polar surface area (TPSA) is 56.9 Å². The molecule has 0 spiro atoms. The van der Waals surface area contributed by atoms with Crippen LogP contribution in [0.1, 0.15) is 0 Å². The fraction of sp³-hybridized carbons (Fsp3) is 1.00. The van der Waals surface area contributed by atoms with E-state index in [-0.39, 0.29) is 0 Å². The fourth-order valence-electron chi connectivity index (χ4n) is 0. The van der Waals surface area contributed by atoms with Crippen LogP contribution in [-0.2, 0) is 4.52 Å². The van der Waals surface area contributed by atoms with Crippen molar-refractivity contribution in [3.63, 3.8) is 0 Å². The average molecular weight is 92.0 g/mol. The van der Waals surface area contributed by atoms with Gasteiger partial charge in [-0.15, -0.1) is 0 Å². The van der Waals surface area contributed by atoms with E-state index in [9.17, 15) is 0 Å². The molecule has 0 bridgehead atoms. The van der Waals surface area contributed by atoms with Crippen molar-refractivity contribution in [1.29, 1.82) is 10.3 Å².